The van der Waals surface area contributed by atoms with Gasteiger partial charge in [0.2, 0.25) is 0 Å². The minimum absolute atomic E-state index is 0.533. The fourth-order valence-electron chi connectivity index (χ4n) is 1.95. The Hall–Kier alpha value is -1.68. The molecular weight excluding hydrogens is 252 g/mol. The molecule has 96 valence electrons. The summed E-state index contributed by atoms with van der Waals surface area (Å²) in [6.07, 6.45) is 0. The van der Waals surface area contributed by atoms with E-state index in [-0.39, 0.29) is 0 Å². The van der Waals surface area contributed by atoms with Gasteiger partial charge in [-0.1, -0.05) is 11.6 Å². The summed E-state index contributed by atoms with van der Waals surface area (Å²) in [5.41, 5.74) is 2.53. The van der Waals surface area contributed by atoms with Crippen LogP contribution >= 0.6 is 11.6 Å². The summed E-state index contributed by atoms with van der Waals surface area (Å²) in [5, 5.41) is 4.46. The highest BCUT2D eigenvalue weighted by Gasteiger charge is 2.16. The smallest absolute Gasteiger partial charge is 0.148 e. The van der Waals surface area contributed by atoms with Crippen LogP contribution in [0.15, 0.2) is 12.1 Å². The minimum atomic E-state index is 0.533. The van der Waals surface area contributed by atoms with E-state index in [4.69, 9.17) is 21.1 Å². The summed E-state index contributed by atoms with van der Waals surface area (Å²) in [7, 11) is 5.02. The fraction of sp³-hybridized carbons (Fsp3) is 0.308. The van der Waals surface area contributed by atoms with Crippen LogP contribution in [0.2, 0.25) is 5.02 Å². The van der Waals surface area contributed by atoms with Gasteiger partial charge in [0.25, 0.3) is 0 Å². The average Bonchev–Trinajstić information content (AvgIpc) is 2.38. The molecule has 0 amide bonds. The maximum Gasteiger partial charge on any atom is 0.148 e. The van der Waals surface area contributed by atoms with Crippen LogP contribution in [0.3, 0.4) is 0 Å². The van der Waals surface area contributed by atoms with Gasteiger partial charge in [0.05, 0.1) is 19.2 Å². The third-order valence-corrected chi connectivity index (χ3v) is 3.16. The number of hydrogen-bond acceptors (Lipinski definition) is 4. The number of pyridine rings is 1. The van der Waals surface area contributed by atoms with E-state index in [2.05, 4.69) is 10.3 Å². The number of halogens is 1. The Morgan fingerprint density at radius 1 is 1.17 bits per heavy atom. The van der Waals surface area contributed by atoms with Crippen LogP contribution in [-0.4, -0.2) is 26.3 Å². The van der Waals surface area contributed by atoms with Crippen LogP contribution < -0.4 is 14.8 Å². The van der Waals surface area contributed by atoms with E-state index < -0.39 is 0 Å². The second-order valence-electron chi connectivity index (χ2n) is 3.88. The van der Waals surface area contributed by atoms with Gasteiger partial charge in [-0.05, 0) is 13.0 Å². The zero-order chi connectivity index (χ0) is 13.3. The Bertz CT molecular complexity index is 599. The number of nitrogens with one attached hydrogen (secondary N) is 1. The normalized spacial score (nSPS) is 10.5. The van der Waals surface area contributed by atoms with Gasteiger partial charge in [-0.3, -0.25) is 0 Å². The third-order valence-electron chi connectivity index (χ3n) is 2.79. The maximum absolute atomic E-state index is 6.35. The number of rotatable bonds is 3. The Kier molecular flexibility index (Phi) is 3.48. The zero-order valence-electron chi connectivity index (χ0n) is 10.8. The number of ether oxygens (including phenoxy) is 2. The molecule has 1 aromatic carbocycles. The van der Waals surface area contributed by atoms with Gasteiger partial charge < -0.3 is 14.8 Å². The molecule has 1 aromatic heterocycles. The number of benzene rings is 1. The quantitative estimate of drug-likeness (QED) is 0.926. The molecule has 1 N–H and O–H groups in total. The first-order valence-corrected chi connectivity index (χ1v) is 5.89. The predicted molar refractivity (Wildman–Crippen MR) is 74.1 cm³/mol. The lowest BCUT2D eigenvalue weighted by Gasteiger charge is -2.14. The minimum Gasteiger partial charge on any atom is -0.495 e. The summed E-state index contributed by atoms with van der Waals surface area (Å²) in [6, 6.07) is 3.68. The summed E-state index contributed by atoms with van der Waals surface area (Å²) in [4.78, 5) is 4.49. The first kappa shape index (κ1) is 12.8. The molecule has 0 bridgehead atoms. The second kappa shape index (κ2) is 4.90. The molecule has 0 radical (unpaired) electrons. The van der Waals surface area contributed by atoms with Gasteiger partial charge >= 0.3 is 0 Å². The molecule has 2 rings (SSSR count). The summed E-state index contributed by atoms with van der Waals surface area (Å²) < 4.78 is 10.6. The maximum atomic E-state index is 6.35. The topological polar surface area (TPSA) is 43.4 Å². The summed E-state index contributed by atoms with van der Waals surface area (Å²) >= 11 is 6.35. The van der Waals surface area contributed by atoms with Crippen molar-refractivity contribution >= 4 is 28.2 Å². The molecule has 2 aromatic rings. The van der Waals surface area contributed by atoms with Crippen molar-refractivity contribution in [3.05, 3.63) is 22.8 Å². The second-order valence-corrected chi connectivity index (χ2v) is 4.26. The highest BCUT2D eigenvalue weighted by Crippen LogP contribution is 2.41. The number of nitrogens with zero attached hydrogens (tertiary/aromatic N) is 1. The van der Waals surface area contributed by atoms with E-state index in [1.165, 1.54) is 0 Å². The Morgan fingerprint density at radius 2 is 1.83 bits per heavy atom. The highest BCUT2D eigenvalue weighted by atomic mass is 35.5. The molecule has 18 heavy (non-hydrogen) atoms. The number of hydrogen-bond donors (Lipinski definition) is 1. The van der Waals surface area contributed by atoms with Crippen LogP contribution in [0.4, 0.5) is 5.69 Å². The van der Waals surface area contributed by atoms with Crippen molar-refractivity contribution < 1.29 is 9.47 Å². The molecule has 0 spiro atoms. The zero-order valence-corrected chi connectivity index (χ0v) is 11.6. The largest absolute Gasteiger partial charge is 0.495 e. The molecule has 0 fully saturated rings. The monoisotopic (exact) mass is 266 g/mol. The van der Waals surface area contributed by atoms with E-state index in [1.54, 1.807) is 20.3 Å². The van der Waals surface area contributed by atoms with E-state index in [9.17, 15) is 0 Å². The number of anilines is 1. The van der Waals surface area contributed by atoms with E-state index >= 15 is 0 Å². The fourth-order valence-corrected chi connectivity index (χ4v) is 2.27. The SMILES string of the molecule is CNc1cc(C)nc2c(OC)cc(OC)c(Cl)c12. The van der Waals surface area contributed by atoms with Crippen LogP contribution in [0.25, 0.3) is 10.9 Å². The molecule has 0 saturated carbocycles. The molecule has 0 aliphatic carbocycles. The van der Waals surface area contributed by atoms with Crippen molar-refractivity contribution in [1.29, 1.82) is 0 Å². The Morgan fingerprint density at radius 3 is 2.39 bits per heavy atom. The van der Waals surface area contributed by atoms with Crippen molar-refractivity contribution in [2.75, 3.05) is 26.6 Å². The molecule has 0 saturated heterocycles. The van der Waals surface area contributed by atoms with Crippen molar-refractivity contribution in [1.82, 2.24) is 4.98 Å². The average molecular weight is 267 g/mol. The Labute approximate surface area is 111 Å². The van der Waals surface area contributed by atoms with E-state index in [1.807, 2.05) is 20.0 Å². The molecule has 0 aliphatic rings. The van der Waals surface area contributed by atoms with Gasteiger partial charge in [-0.15, -0.1) is 0 Å². The van der Waals surface area contributed by atoms with Crippen LogP contribution in [0, 0.1) is 6.92 Å². The van der Waals surface area contributed by atoms with Gasteiger partial charge in [-0.25, -0.2) is 4.98 Å². The molecule has 0 aliphatic heterocycles. The molecule has 1 heterocycles. The number of aromatic nitrogens is 1. The molecular formula is C13H15ClN2O2. The predicted octanol–water partition coefficient (Wildman–Crippen LogP) is 3.26. The molecule has 4 nitrogen and oxygen atoms in total. The van der Waals surface area contributed by atoms with E-state index in [0.29, 0.717) is 16.5 Å². The van der Waals surface area contributed by atoms with Crippen LogP contribution in [0.1, 0.15) is 5.69 Å². The van der Waals surface area contributed by atoms with Crippen molar-refractivity contribution in [3.63, 3.8) is 0 Å². The van der Waals surface area contributed by atoms with Crippen LogP contribution in [-0.2, 0) is 0 Å². The van der Waals surface area contributed by atoms with Gasteiger partial charge in [-0.2, -0.15) is 0 Å². The van der Waals surface area contributed by atoms with Gasteiger partial charge in [0.1, 0.15) is 17.0 Å². The highest BCUT2D eigenvalue weighted by molar-refractivity contribution is 6.38. The van der Waals surface area contributed by atoms with Gasteiger partial charge in [0, 0.05) is 29.9 Å². The van der Waals surface area contributed by atoms with Crippen molar-refractivity contribution in [2.45, 2.75) is 6.92 Å². The lowest BCUT2D eigenvalue weighted by Crippen LogP contribution is -1.98. The molecule has 0 atom stereocenters. The summed E-state index contributed by atoms with van der Waals surface area (Å²) in [6.45, 7) is 1.93. The molecule has 0 unspecified atom stereocenters. The first-order chi connectivity index (χ1) is 8.62. The molecule has 5 heteroatoms. The number of aryl methyl sites for hydroxylation is 1. The van der Waals surface area contributed by atoms with Crippen molar-refractivity contribution in [2.24, 2.45) is 0 Å². The van der Waals surface area contributed by atoms with Crippen molar-refractivity contribution in [3.8, 4) is 11.5 Å². The lowest BCUT2D eigenvalue weighted by atomic mass is 10.1. The Balaban J connectivity index is 2.94. The number of methoxy groups -OCH3 is 2. The van der Waals surface area contributed by atoms with E-state index in [0.717, 1.165) is 22.3 Å². The lowest BCUT2D eigenvalue weighted by molar-refractivity contribution is 0.397. The summed E-state index contributed by atoms with van der Waals surface area (Å²) in [5.74, 6) is 1.22. The van der Waals surface area contributed by atoms with Crippen LogP contribution in [0.5, 0.6) is 11.5 Å². The standard InChI is InChI=1S/C13H15ClN2O2/c1-7-5-8(15-2)11-12(14)9(17-3)6-10(18-4)13(11)16-7/h5-6H,1-4H3,(H,15,16). The third kappa shape index (κ3) is 1.93. The number of fused-ring (bicyclic) bond motifs is 1. The first-order valence-electron chi connectivity index (χ1n) is 5.52. The van der Waals surface area contributed by atoms with Gasteiger partial charge in [0.15, 0.2) is 0 Å².